The van der Waals surface area contributed by atoms with E-state index in [4.69, 9.17) is 29.9 Å². The first kappa shape index (κ1) is 60.5. The predicted molar refractivity (Wildman–Crippen MR) is 447 cm³/mol. The Labute approximate surface area is 623 Å². The molecule has 0 amide bonds. The highest BCUT2D eigenvalue weighted by atomic mass is 15.2. The van der Waals surface area contributed by atoms with Gasteiger partial charge in [0.1, 0.15) is 0 Å². The summed E-state index contributed by atoms with van der Waals surface area (Å²) in [6.45, 7) is 0. The summed E-state index contributed by atoms with van der Waals surface area (Å²) in [5, 5.41) is 15.7. The number of fused-ring (bicyclic) bond motifs is 18. The van der Waals surface area contributed by atoms with E-state index in [0.29, 0.717) is 35.2 Å². The highest BCUT2D eigenvalue weighted by Gasteiger charge is 2.27. The molecule has 0 unspecified atom stereocenters. The van der Waals surface area contributed by atoms with Crippen LogP contribution in [0.1, 0.15) is 0 Å². The van der Waals surface area contributed by atoms with Crippen molar-refractivity contribution in [2.75, 3.05) is 0 Å². The lowest BCUT2D eigenvalue weighted by Crippen LogP contribution is -2.07. The van der Waals surface area contributed by atoms with Gasteiger partial charge in [0, 0.05) is 93.2 Å². The molecular formula is C98H59N11. The van der Waals surface area contributed by atoms with Gasteiger partial charge in [-0.15, -0.1) is 0 Å². The summed E-state index contributed by atoms with van der Waals surface area (Å²) in [6.07, 6.45) is 0. The van der Waals surface area contributed by atoms with Crippen molar-refractivity contribution in [3.8, 4) is 85.6 Å². The number of aromatic nitrogens is 11. The number of para-hydroxylation sites is 6. The third kappa shape index (κ3) is 9.30. The van der Waals surface area contributed by atoms with E-state index in [2.05, 4.69) is 363 Å². The van der Waals surface area contributed by atoms with E-state index in [1.54, 1.807) is 0 Å². The fraction of sp³-hybridized carbons (Fsp3) is 0. The molecule has 11 heteroatoms. The highest BCUT2D eigenvalue weighted by Crippen LogP contribution is 2.45. The topological polar surface area (TPSA) is 102 Å². The zero-order valence-corrected chi connectivity index (χ0v) is 58.5. The molecular weight excluding hydrogens is 1330 g/mol. The Kier molecular flexibility index (Phi) is 13.2. The zero-order chi connectivity index (χ0) is 71.4. The van der Waals surface area contributed by atoms with Crippen LogP contribution in [0.25, 0.3) is 216 Å². The Morgan fingerprint density at radius 2 is 0.514 bits per heavy atom. The van der Waals surface area contributed by atoms with E-state index >= 15 is 0 Å². The van der Waals surface area contributed by atoms with Gasteiger partial charge in [0.05, 0.1) is 55.2 Å². The number of hydrogen-bond donors (Lipinski definition) is 0. The van der Waals surface area contributed by atoms with Gasteiger partial charge >= 0.3 is 0 Å². The molecule has 23 aromatic rings. The lowest BCUT2D eigenvalue weighted by Gasteiger charge is -2.14. The minimum Gasteiger partial charge on any atom is -0.309 e. The molecule has 0 saturated carbocycles. The normalized spacial score (nSPS) is 12.0. The molecule has 0 radical (unpaired) electrons. The largest absolute Gasteiger partial charge is 0.309 e. The summed E-state index contributed by atoms with van der Waals surface area (Å²) >= 11 is 0. The van der Waals surface area contributed by atoms with Crippen LogP contribution in [0, 0.1) is 0 Å². The summed E-state index contributed by atoms with van der Waals surface area (Å²) in [6, 6.07) is 128. The van der Waals surface area contributed by atoms with Gasteiger partial charge < -0.3 is 13.7 Å². The van der Waals surface area contributed by atoms with Crippen molar-refractivity contribution in [1.29, 1.82) is 0 Å². The standard InChI is InChI=1S/C98H59N11/c1-3-25-63(26-4-1)93-99-94(102-98(101-93)109-87-44-20-15-37-75(87)78-54-53-77-74-36-14-19-43-86(74)107(91(77)92(78)109)66-29-5-2-6-30-66)64-47-45-60(46-48-64)65-49-52-76-73-35-13-18-42-85(73)106(90(76)57-65)68-51-56-89-82(59-68)81-58-67(105-83-40-16-11-33-71(83)72-34-12-17-41-84(72)105)50-55-88(81)108(89)97-103-95(79-38-21-27-61-23-7-9-31-69(61)79)100-96(104-97)80-39-22-28-62-24-8-10-32-70(62)80/h1-59H. The minimum atomic E-state index is 0.520. The number of nitrogens with zero attached hydrogens (tertiary/aromatic N) is 11. The van der Waals surface area contributed by atoms with Crippen LogP contribution in [0.5, 0.6) is 0 Å². The summed E-state index contributed by atoms with van der Waals surface area (Å²) in [4.78, 5) is 32.8. The smallest absolute Gasteiger partial charge is 0.238 e. The van der Waals surface area contributed by atoms with Crippen molar-refractivity contribution in [2.45, 2.75) is 0 Å². The molecule has 0 aliphatic carbocycles. The van der Waals surface area contributed by atoms with Crippen LogP contribution in [0.15, 0.2) is 358 Å². The van der Waals surface area contributed by atoms with Crippen LogP contribution in [0.3, 0.4) is 0 Å². The fourth-order valence-corrected chi connectivity index (χ4v) is 17.3. The molecule has 109 heavy (non-hydrogen) atoms. The molecule has 0 bridgehead atoms. The molecule has 0 atom stereocenters. The quantitative estimate of drug-likeness (QED) is 0.135. The van der Waals surface area contributed by atoms with Gasteiger partial charge in [0.25, 0.3) is 0 Å². The lowest BCUT2D eigenvalue weighted by atomic mass is 10.0. The maximum Gasteiger partial charge on any atom is 0.238 e. The molecule has 0 spiro atoms. The van der Waals surface area contributed by atoms with E-state index < -0.39 is 0 Å². The Bertz CT molecular complexity index is 7570. The number of benzene rings is 16. The van der Waals surface area contributed by atoms with Crippen LogP contribution in [0.4, 0.5) is 0 Å². The highest BCUT2D eigenvalue weighted by molar-refractivity contribution is 6.24. The van der Waals surface area contributed by atoms with Crippen molar-refractivity contribution in [3.05, 3.63) is 358 Å². The second kappa shape index (κ2) is 23.8. The average Bonchev–Trinajstić information content (AvgIpc) is 1.54. The van der Waals surface area contributed by atoms with Gasteiger partial charge in [-0.3, -0.25) is 9.13 Å². The Hall–Kier alpha value is -14.9. The number of hydrogen-bond acceptors (Lipinski definition) is 6. The van der Waals surface area contributed by atoms with Crippen LogP contribution < -0.4 is 0 Å². The van der Waals surface area contributed by atoms with Gasteiger partial charge in [-0.05, 0) is 118 Å². The maximum absolute atomic E-state index is 5.57. The van der Waals surface area contributed by atoms with Crippen molar-refractivity contribution in [3.63, 3.8) is 0 Å². The third-order valence-corrected chi connectivity index (χ3v) is 22.2. The van der Waals surface area contributed by atoms with Crippen molar-refractivity contribution < 1.29 is 0 Å². The van der Waals surface area contributed by atoms with Gasteiger partial charge in [0.2, 0.25) is 11.9 Å². The SMILES string of the molecule is c1ccc(-c2nc(-c3ccc(-c4ccc5c6ccccc6n(-c6ccc7c(c6)c6cc(-n8c9ccccc9c9ccccc98)ccc6n7-c6nc(-c7cccc8ccccc78)nc(-c7cccc8ccccc78)n6)c5c4)cc3)nc(-n3c4ccccc4c4ccc5c6ccccc6n(-c6ccccc6)c5c43)n2)cc1. The second-order valence-electron chi connectivity index (χ2n) is 28.2. The first-order chi connectivity index (χ1) is 54.1. The molecule has 23 rings (SSSR count). The maximum atomic E-state index is 5.57. The third-order valence-electron chi connectivity index (χ3n) is 22.2. The van der Waals surface area contributed by atoms with E-state index in [1.807, 2.05) is 18.2 Å². The molecule has 16 aromatic carbocycles. The zero-order valence-electron chi connectivity index (χ0n) is 58.5. The summed E-state index contributed by atoms with van der Waals surface area (Å²) in [5.74, 6) is 3.38. The van der Waals surface area contributed by atoms with Crippen LogP contribution in [-0.2, 0) is 0 Å². The summed E-state index contributed by atoms with van der Waals surface area (Å²) < 4.78 is 11.7. The van der Waals surface area contributed by atoms with Gasteiger partial charge in [-0.1, -0.05) is 273 Å². The molecule has 11 nitrogen and oxygen atoms in total. The second-order valence-corrected chi connectivity index (χ2v) is 28.2. The van der Waals surface area contributed by atoms with Crippen LogP contribution in [0.2, 0.25) is 0 Å². The molecule has 0 aliphatic rings. The predicted octanol–water partition coefficient (Wildman–Crippen LogP) is 24.2. The molecule has 0 fully saturated rings. The van der Waals surface area contributed by atoms with Gasteiger partial charge in [-0.2, -0.15) is 19.9 Å². The average molecular weight is 1390 g/mol. The molecule has 506 valence electrons. The van der Waals surface area contributed by atoms with E-state index in [0.717, 1.165) is 165 Å². The Morgan fingerprint density at radius 1 is 0.165 bits per heavy atom. The van der Waals surface area contributed by atoms with Crippen molar-refractivity contribution >= 4 is 131 Å². The van der Waals surface area contributed by atoms with Crippen molar-refractivity contribution in [1.82, 2.24) is 52.7 Å². The van der Waals surface area contributed by atoms with Gasteiger partial charge in [0.15, 0.2) is 23.3 Å². The minimum absolute atomic E-state index is 0.520. The molecule has 0 aliphatic heterocycles. The Morgan fingerprint density at radius 3 is 1.05 bits per heavy atom. The van der Waals surface area contributed by atoms with Crippen LogP contribution >= 0.6 is 0 Å². The number of rotatable bonds is 10. The summed E-state index contributed by atoms with van der Waals surface area (Å²) in [5.41, 5.74) is 19.5. The molecule has 0 N–H and O–H groups in total. The molecule has 7 heterocycles. The van der Waals surface area contributed by atoms with Gasteiger partial charge in [-0.25, -0.2) is 9.97 Å². The summed E-state index contributed by atoms with van der Waals surface area (Å²) in [7, 11) is 0. The molecule has 0 saturated heterocycles. The first-order valence-electron chi connectivity index (χ1n) is 36.8. The van der Waals surface area contributed by atoms with E-state index in [1.165, 1.54) is 16.2 Å². The monoisotopic (exact) mass is 1390 g/mol. The van der Waals surface area contributed by atoms with Crippen LogP contribution in [-0.4, -0.2) is 52.7 Å². The first-order valence-corrected chi connectivity index (χ1v) is 36.8. The Balaban J connectivity index is 0.701. The lowest BCUT2D eigenvalue weighted by molar-refractivity contribution is 0.953. The fourth-order valence-electron chi connectivity index (χ4n) is 17.3. The van der Waals surface area contributed by atoms with Crippen molar-refractivity contribution in [2.24, 2.45) is 0 Å². The molecule has 7 aromatic heterocycles. The van der Waals surface area contributed by atoms with E-state index in [9.17, 15) is 0 Å². The van der Waals surface area contributed by atoms with E-state index in [-0.39, 0.29) is 0 Å².